The molecule has 0 bridgehead atoms. The summed E-state index contributed by atoms with van der Waals surface area (Å²) in [4.78, 5) is 15.7. The summed E-state index contributed by atoms with van der Waals surface area (Å²) in [5.74, 6) is 0.155. The third-order valence-corrected chi connectivity index (χ3v) is 3.50. The van der Waals surface area contributed by atoms with Crippen molar-refractivity contribution in [2.45, 2.75) is 26.3 Å². The summed E-state index contributed by atoms with van der Waals surface area (Å²) < 4.78 is 2.01. The van der Waals surface area contributed by atoms with Crippen LogP contribution in [0.4, 0.5) is 0 Å². The number of hydrogen-bond acceptors (Lipinski definition) is 3. The molecule has 0 aliphatic heterocycles. The fraction of sp³-hybridized carbons (Fsp3) is 0.333. The van der Waals surface area contributed by atoms with Gasteiger partial charge in [-0.25, -0.2) is 9.78 Å². The van der Waals surface area contributed by atoms with Crippen molar-refractivity contribution in [2.75, 3.05) is 0 Å². The molecular formula is C12H14N2O2S. The van der Waals surface area contributed by atoms with Gasteiger partial charge in [0.15, 0.2) is 0 Å². The predicted molar refractivity (Wildman–Crippen MR) is 66.6 cm³/mol. The van der Waals surface area contributed by atoms with Gasteiger partial charge in [-0.2, -0.15) is 0 Å². The summed E-state index contributed by atoms with van der Waals surface area (Å²) >= 11 is 1.27. The van der Waals surface area contributed by atoms with Crippen molar-refractivity contribution in [3.8, 4) is 0 Å². The molecule has 2 aromatic rings. The molecule has 2 rings (SSSR count). The molecule has 0 aromatic carbocycles. The average molecular weight is 250 g/mol. The van der Waals surface area contributed by atoms with Gasteiger partial charge in [-0.1, -0.05) is 6.92 Å². The second kappa shape index (κ2) is 5.14. The van der Waals surface area contributed by atoms with Crippen molar-refractivity contribution < 1.29 is 9.90 Å². The minimum Gasteiger partial charge on any atom is -0.477 e. The number of thiophene rings is 1. The first-order valence-corrected chi connectivity index (χ1v) is 6.40. The minimum absolute atomic E-state index is 0.418. The van der Waals surface area contributed by atoms with Crippen molar-refractivity contribution in [1.29, 1.82) is 0 Å². The molecule has 0 saturated heterocycles. The summed E-state index contributed by atoms with van der Waals surface area (Å²) in [6.07, 6.45) is 5.61. The Kier molecular flexibility index (Phi) is 3.58. The summed E-state index contributed by atoms with van der Waals surface area (Å²) in [6.45, 7) is 2.69. The molecule has 0 amide bonds. The van der Waals surface area contributed by atoms with Gasteiger partial charge in [-0.05, 0) is 23.4 Å². The van der Waals surface area contributed by atoms with Gasteiger partial charge in [-0.3, -0.25) is 0 Å². The van der Waals surface area contributed by atoms with Crippen LogP contribution in [-0.4, -0.2) is 20.6 Å². The fourth-order valence-electron chi connectivity index (χ4n) is 1.77. The van der Waals surface area contributed by atoms with Gasteiger partial charge < -0.3 is 9.67 Å². The molecule has 0 aliphatic carbocycles. The van der Waals surface area contributed by atoms with Crippen LogP contribution in [0.2, 0.25) is 0 Å². The van der Waals surface area contributed by atoms with Gasteiger partial charge in [0.25, 0.3) is 0 Å². The predicted octanol–water partition coefficient (Wildman–Crippen LogP) is 2.64. The van der Waals surface area contributed by atoms with Crippen molar-refractivity contribution in [3.63, 3.8) is 0 Å². The second-order valence-electron chi connectivity index (χ2n) is 3.80. The van der Waals surface area contributed by atoms with E-state index in [2.05, 4.69) is 11.9 Å². The molecule has 0 atom stereocenters. The summed E-state index contributed by atoms with van der Waals surface area (Å²) in [5.41, 5.74) is 0.845. The second-order valence-corrected chi connectivity index (χ2v) is 4.72. The Hall–Kier alpha value is -1.62. The lowest BCUT2D eigenvalue weighted by atomic mass is 10.2. The molecule has 2 aromatic heterocycles. The molecule has 1 N–H and O–H groups in total. The van der Waals surface area contributed by atoms with Crippen molar-refractivity contribution in [2.24, 2.45) is 0 Å². The van der Waals surface area contributed by atoms with E-state index in [1.807, 2.05) is 22.2 Å². The number of carboxylic acids is 1. The Morgan fingerprint density at radius 2 is 2.41 bits per heavy atom. The maximum atomic E-state index is 11.0. The molecular weight excluding hydrogens is 236 g/mol. The van der Waals surface area contributed by atoms with Gasteiger partial charge in [0.05, 0.1) is 6.54 Å². The number of carbonyl (C=O) groups is 1. The molecule has 0 aliphatic rings. The summed E-state index contributed by atoms with van der Waals surface area (Å²) in [5, 5.41) is 10.9. The minimum atomic E-state index is -0.854. The number of aryl methyl sites for hydroxylation is 1. The largest absolute Gasteiger partial charge is 0.477 e. The third-order valence-electron chi connectivity index (χ3n) is 2.56. The zero-order chi connectivity index (χ0) is 12.3. The van der Waals surface area contributed by atoms with Gasteiger partial charge >= 0.3 is 5.97 Å². The first kappa shape index (κ1) is 11.9. The normalized spacial score (nSPS) is 10.6. The van der Waals surface area contributed by atoms with E-state index >= 15 is 0 Å². The number of imidazole rings is 1. The van der Waals surface area contributed by atoms with Crippen LogP contribution in [0.5, 0.6) is 0 Å². The first-order valence-electron chi connectivity index (χ1n) is 5.52. The molecule has 2 heterocycles. The van der Waals surface area contributed by atoms with Crippen LogP contribution in [0.25, 0.3) is 0 Å². The zero-order valence-electron chi connectivity index (χ0n) is 9.59. The quantitative estimate of drug-likeness (QED) is 0.887. The fourth-order valence-corrected chi connectivity index (χ4v) is 2.52. The Labute approximate surface area is 104 Å². The molecule has 0 spiro atoms. The molecule has 0 fully saturated rings. The van der Waals surface area contributed by atoms with E-state index in [1.54, 1.807) is 6.20 Å². The van der Waals surface area contributed by atoms with Crippen LogP contribution in [0, 0.1) is 0 Å². The highest BCUT2D eigenvalue weighted by molar-refractivity contribution is 7.12. The van der Waals surface area contributed by atoms with Crippen LogP contribution < -0.4 is 0 Å². The van der Waals surface area contributed by atoms with E-state index in [9.17, 15) is 4.79 Å². The Balaban J connectivity index is 2.22. The summed E-state index contributed by atoms with van der Waals surface area (Å²) in [6, 6.07) is 1.86. The maximum Gasteiger partial charge on any atom is 0.346 e. The molecule has 17 heavy (non-hydrogen) atoms. The topological polar surface area (TPSA) is 55.1 Å². The van der Waals surface area contributed by atoms with Crippen LogP contribution in [-0.2, 0) is 13.0 Å². The van der Waals surface area contributed by atoms with E-state index < -0.39 is 5.97 Å². The van der Waals surface area contributed by atoms with Crippen LogP contribution >= 0.6 is 11.3 Å². The molecule has 5 heteroatoms. The number of aromatic carboxylic acids is 1. The van der Waals surface area contributed by atoms with Gasteiger partial charge in [-0.15, -0.1) is 11.3 Å². The molecule has 90 valence electrons. The maximum absolute atomic E-state index is 11.0. The number of carboxylic acid groups (broad SMARTS) is 1. The Bertz CT molecular complexity index is 516. The smallest absolute Gasteiger partial charge is 0.346 e. The van der Waals surface area contributed by atoms with E-state index in [0.29, 0.717) is 11.4 Å². The van der Waals surface area contributed by atoms with Crippen LogP contribution in [0.15, 0.2) is 23.8 Å². The van der Waals surface area contributed by atoms with Crippen molar-refractivity contribution >= 4 is 17.3 Å². The van der Waals surface area contributed by atoms with Crippen LogP contribution in [0.1, 0.15) is 34.4 Å². The van der Waals surface area contributed by atoms with Gasteiger partial charge in [0, 0.05) is 18.8 Å². The highest BCUT2D eigenvalue weighted by atomic mass is 32.1. The van der Waals surface area contributed by atoms with Crippen molar-refractivity contribution in [3.05, 3.63) is 40.1 Å². The van der Waals surface area contributed by atoms with E-state index in [-0.39, 0.29) is 0 Å². The SMILES string of the molecule is CCCc1nccn1Cc1ccsc1C(=O)O. The number of hydrogen-bond donors (Lipinski definition) is 1. The van der Waals surface area contributed by atoms with E-state index in [0.717, 1.165) is 24.2 Å². The van der Waals surface area contributed by atoms with E-state index in [4.69, 9.17) is 5.11 Å². The average Bonchev–Trinajstić information content (AvgIpc) is 2.89. The van der Waals surface area contributed by atoms with Gasteiger partial charge in [0.2, 0.25) is 0 Å². The first-order chi connectivity index (χ1) is 8.22. The third kappa shape index (κ3) is 2.55. The highest BCUT2D eigenvalue weighted by Gasteiger charge is 2.12. The number of aromatic nitrogens is 2. The number of nitrogens with zero attached hydrogens (tertiary/aromatic N) is 2. The lowest BCUT2D eigenvalue weighted by Gasteiger charge is -2.06. The highest BCUT2D eigenvalue weighted by Crippen LogP contribution is 2.18. The van der Waals surface area contributed by atoms with Crippen molar-refractivity contribution in [1.82, 2.24) is 9.55 Å². The molecule has 0 radical (unpaired) electrons. The van der Waals surface area contributed by atoms with Gasteiger partial charge in [0.1, 0.15) is 10.7 Å². The standard InChI is InChI=1S/C12H14N2O2S/c1-2-3-10-13-5-6-14(10)8-9-4-7-17-11(9)12(15)16/h4-7H,2-3,8H2,1H3,(H,15,16). The lowest BCUT2D eigenvalue weighted by Crippen LogP contribution is -2.06. The lowest BCUT2D eigenvalue weighted by molar-refractivity contribution is 0.0701. The van der Waals surface area contributed by atoms with Crippen LogP contribution in [0.3, 0.4) is 0 Å². The van der Waals surface area contributed by atoms with E-state index in [1.165, 1.54) is 11.3 Å². The molecule has 0 unspecified atom stereocenters. The number of rotatable bonds is 5. The Morgan fingerprint density at radius 1 is 1.59 bits per heavy atom. The molecule has 4 nitrogen and oxygen atoms in total. The Morgan fingerprint density at radius 3 is 3.12 bits per heavy atom. The summed E-state index contributed by atoms with van der Waals surface area (Å²) in [7, 11) is 0. The monoisotopic (exact) mass is 250 g/mol. The zero-order valence-corrected chi connectivity index (χ0v) is 10.4. The molecule has 0 saturated carbocycles.